The number of hydrogen-bond acceptors (Lipinski definition) is 2. The van der Waals surface area contributed by atoms with E-state index in [0.29, 0.717) is 5.57 Å². The molecule has 0 amide bonds. The van der Waals surface area contributed by atoms with E-state index in [1.807, 2.05) is 0 Å². The fourth-order valence-corrected chi connectivity index (χ4v) is 0.958. The van der Waals surface area contributed by atoms with E-state index >= 15 is 0 Å². The summed E-state index contributed by atoms with van der Waals surface area (Å²) in [6.45, 7) is 5.00. The molecule has 2 nitrogen and oxygen atoms in total. The highest BCUT2D eigenvalue weighted by Crippen LogP contribution is 2.31. The average molecular weight is 184 g/mol. The molecule has 0 bridgehead atoms. The molecule has 0 N–H and O–H groups in total. The van der Waals surface area contributed by atoms with Gasteiger partial charge in [-0.15, -0.1) is 0 Å². The molecular formula is C9H10F2N2. The van der Waals surface area contributed by atoms with Crippen LogP contribution in [0.4, 0.5) is 8.78 Å². The Balaban J connectivity index is 2.87. The van der Waals surface area contributed by atoms with Crippen molar-refractivity contribution in [3.63, 3.8) is 0 Å². The summed E-state index contributed by atoms with van der Waals surface area (Å²) >= 11 is 0. The summed E-state index contributed by atoms with van der Waals surface area (Å²) in [5.41, 5.74) is 0.119. The van der Waals surface area contributed by atoms with E-state index in [-0.39, 0.29) is 12.1 Å². The Hall–Kier alpha value is -1.32. The van der Waals surface area contributed by atoms with Crippen molar-refractivity contribution in [2.24, 2.45) is 0 Å². The van der Waals surface area contributed by atoms with Crippen molar-refractivity contribution in [1.29, 1.82) is 0 Å². The van der Waals surface area contributed by atoms with Crippen molar-refractivity contribution in [3.05, 3.63) is 36.4 Å². The Bertz CT molecular complexity index is 296. The third-order valence-electron chi connectivity index (χ3n) is 1.46. The molecule has 0 spiro atoms. The van der Waals surface area contributed by atoms with Gasteiger partial charge in [0, 0.05) is 18.8 Å². The van der Waals surface area contributed by atoms with E-state index in [0.717, 1.165) is 6.20 Å². The molecule has 1 aromatic heterocycles. The highest BCUT2D eigenvalue weighted by molar-refractivity contribution is 5.08. The first-order valence-electron chi connectivity index (χ1n) is 3.81. The van der Waals surface area contributed by atoms with Crippen molar-refractivity contribution in [2.75, 3.05) is 0 Å². The lowest BCUT2D eigenvalue weighted by Crippen LogP contribution is -2.15. The summed E-state index contributed by atoms with van der Waals surface area (Å²) in [6.07, 6.45) is 3.30. The Morgan fingerprint density at radius 2 is 2.23 bits per heavy atom. The third kappa shape index (κ3) is 2.57. The van der Waals surface area contributed by atoms with Crippen LogP contribution >= 0.6 is 0 Å². The van der Waals surface area contributed by atoms with Crippen LogP contribution in [0.25, 0.3) is 0 Å². The number of aromatic nitrogens is 2. The van der Waals surface area contributed by atoms with Crippen LogP contribution in [0, 0.1) is 0 Å². The van der Waals surface area contributed by atoms with Gasteiger partial charge in [-0.05, 0) is 6.92 Å². The first kappa shape index (κ1) is 9.77. The van der Waals surface area contributed by atoms with Crippen LogP contribution < -0.4 is 0 Å². The molecular weight excluding hydrogens is 174 g/mol. The van der Waals surface area contributed by atoms with Gasteiger partial charge in [0.2, 0.25) is 0 Å². The molecule has 1 heterocycles. The van der Waals surface area contributed by atoms with Gasteiger partial charge in [-0.3, -0.25) is 9.97 Å². The lowest BCUT2D eigenvalue weighted by molar-refractivity contribution is -0.00849. The first-order chi connectivity index (χ1) is 6.02. The molecule has 0 unspecified atom stereocenters. The van der Waals surface area contributed by atoms with Crippen molar-refractivity contribution < 1.29 is 8.78 Å². The zero-order valence-electron chi connectivity index (χ0n) is 7.30. The summed E-state index contributed by atoms with van der Waals surface area (Å²) in [7, 11) is 0. The minimum Gasteiger partial charge on any atom is -0.261 e. The molecule has 0 aromatic carbocycles. The summed E-state index contributed by atoms with van der Waals surface area (Å²) in [5.74, 6) is -2.96. The van der Waals surface area contributed by atoms with Crippen molar-refractivity contribution in [1.82, 2.24) is 9.97 Å². The molecule has 0 aliphatic carbocycles. The maximum absolute atomic E-state index is 13.2. The van der Waals surface area contributed by atoms with E-state index in [4.69, 9.17) is 0 Å². The number of alkyl halides is 2. The second-order valence-corrected chi connectivity index (χ2v) is 2.93. The molecule has 0 aliphatic heterocycles. The van der Waals surface area contributed by atoms with Gasteiger partial charge in [-0.25, -0.2) is 0 Å². The topological polar surface area (TPSA) is 25.8 Å². The Labute approximate surface area is 75.3 Å². The van der Waals surface area contributed by atoms with Gasteiger partial charge in [0.15, 0.2) is 0 Å². The summed E-state index contributed by atoms with van der Waals surface area (Å²) in [6, 6.07) is 0. The molecule has 0 saturated heterocycles. The zero-order chi connectivity index (χ0) is 9.90. The van der Waals surface area contributed by atoms with Crippen LogP contribution in [-0.4, -0.2) is 9.97 Å². The van der Waals surface area contributed by atoms with E-state index in [1.54, 1.807) is 6.92 Å². The van der Waals surface area contributed by atoms with Crippen LogP contribution in [0.5, 0.6) is 0 Å². The highest BCUT2D eigenvalue weighted by atomic mass is 19.3. The molecule has 0 saturated carbocycles. The monoisotopic (exact) mass is 184 g/mol. The maximum Gasteiger partial charge on any atom is 0.294 e. The van der Waals surface area contributed by atoms with Gasteiger partial charge < -0.3 is 0 Å². The lowest BCUT2D eigenvalue weighted by Gasteiger charge is -2.14. The van der Waals surface area contributed by atoms with E-state index in [9.17, 15) is 8.78 Å². The average Bonchev–Trinajstić information content (AvgIpc) is 2.04. The maximum atomic E-state index is 13.2. The standard InChI is InChI=1S/C9H10F2N2/c1-7(2)5-9(10,11)8-6-12-3-4-13-8/h3-4,6H,1,5H2,2H3. The third-order valence-corrected chi connectivity index (χ3v) is 1.46. The van der Waals surface area contributed by atoms with Gasteiger partial charge in [-0.1, -0.05) is 12.2 Å². The predicted octanol–water partition coefficient (Wildman–Crippen LogP) is 2.53. The summed E-state index contributed by atoms with van der Waals surface area (Å²) < 4.78 is 26.5. The van der Waals surface area contributed by atoms with Crippen molar-refractivity contribution >= 4 is 0 Å². The molecule has 0 atom stereocenters. The van der Waals surface area contributed by atoms with Crippen LogP contribution in [0.3, 0.4) is 0 Å². The minimum atomic E-state index is -2.96. The molecule has 0 aliphatic rings. The van der Waals surface area contributed by atoms with Crippen molar-refractivity contribution in [2.45, 2.75) is 19.3 Å². The van der Waals surface area contributed by atoms with Crippen LogP contribution in [0.2, 0.25) is 0 Å². The van der Waals surface area contributed by atoms with Crippen LogP contribution in [-0.2, 0) is 5.92 Å². The number of hydrogen-bond donors (Lipinski definition) is 0. The minimum absolute atomic E-state index is 0.307. The lowest BCUT2D eigenvalue weighted by atomic mass is 10.1. The fourth-order valence-electron chi connectivity index (χ4n) is 0.958. The summed E-state index contributed by atoms with van der Waals surface area (Å²) in [4.78, 5) is 7.14. The predicted molar refractivity (Wildman–Crippen MR) is 45.4 cm³/mol. The first-order valence-corrected chi connectivity index (χ1v) is 3.81. The van der Waals surface area contributed by atoms with Crippen molar-refractivity contribution in [3.8, 4) is 0 Å². The van der Waals surface area contributed by atoms with Crippen LogP contribution in [0.15, 0.2) is 30.7 Å². The molecule has 70 valence electrons. The van der Waals surface area contributed by atoms with Gasteiger partial charge >= 0.3 is 0 Å². The SMILES string of the molecule is C=C(C)CC(F)(F)c1cnccn1. The highest BCUT2D eigenvalue weighted by Gasteiger charge is 2.33. The van der Waals surface area contributed by atoms with E-state index < -0.39 is 5.92 Å². The largest absolute Gasteiger partial charge is 0.294 e. The molecule has 1 aromatic rings. The quantitative estimate of drug-likeness (QED) is 0.674. The molecule has 0 radical (unpaired) electrons. The fraction of sp³-hybridized carbons (Fsp3) is 0.333. The molecule has 1 rings (SSSR count). The van der Waals surface area contributed by atoms with Gasteiger partial charge in [0.25, 0.3) is 5.92 Å². The normalized spacial score (nSPS) is 11.3. The molecule has 0 fully saturated rings. The van der Waals surface area contributed by atoms with Gasteiger partial charge in [-0.2, -0.15) is 8.78 Å². The second kappa shape index (κ2) is 3.60. The number of allylic oxidation sites excluding steroid dienone is 1. The zero-order valence-corrected chi connectivity index (χ0v) is 7.30. The summed E-state index contributed by atoms with van der Waals surface area (Å²) in [5, 5.41) is 0. The molecule has 13 heavy (non-hydrogen) atoms. The second-order valence-electron chi connectivity index (χ2n) is 2.93. The van der Waals surface area contributed by atoms with E-state index in [2.05, 4.69) is 16.5 Å². The number of nitrogens with zero attached hydrogens (tertiary/aromatic N) is 2. The van der Waals surface area contributed by atoms with Gasteiger partial charge in [0.1, 0.15) is 5.69 Å². The Kier molecular flexibility index (Phi) is 2.70. The smallest absolute Gasteiger partial charge is 0.261 e. The Morgan fingerprint density at radius 1 is 1.54 bits per heavy atom. The van der Waals surface area contributed by atoms with Gasteiger partial charge in [0.05, 0.1) is 6.20 Å². The number of rotatable bonds is 3. The number of halogens is 2. The molecule has 4 heteroatoms. The van der Waals surface area contributed by atoms with E-state index in [1.165, 1.54) is 12.4 Å². The Morgan fingerprint density at radius 3 is 2.69 bits per heavy atom. The van der Waals surface area contributed by atoms with Crippen LogP contribution in [0.1, 0.15) is 19.0 Å².